The normalized spacial score (nSPS) is 18.5. The van der Waals surface area contributed by atoms with Crippen molar-refractivity contribution in [2.24, 2.45) is 0 Å². The maximum atomic E-state index is 7.02. The Kier molecular flexibility index (Phi) is 10.6. The van der Waals surface area contributed by atoms with Crippen LogP contribution in [0.4, 0.5) is 0 Å². The molecule has 3 rings (SSSR count). The summed E-state index contributed by atoms with van der Waals surface area (Å²) in [6, 6.07) is 21.8. The summed E-state index contributed by atoms with van der Waals surface area (Å²) >= 11 is 0. The van der Waals surface area contributed by atoms with E-state index in [0.29, 0.717) is 12.7 Å². The van der Waals surface area contributed by atoms with E-state index in [0.717, 1.165) is 32.1 Å². The number of hydrogen-bond acceptors (Lipinski definition) is 2. The molecule has 1 saturated heterocycles. The minimum atomic E-state index is -2.48. The zero-order chi connectivity index (χ0) is 27.8. The molecule has 1 aliphatic rings. The molecule has 1 atom stereocenters. The Morgan fingerprint density at radius 3 is 1.84 bits per heavy atom. The van der Waals surface area contributed by atoms with E-state index < -0.39 is 8.32 Å². The van der Waals surface area contributed by atoms with Gasteiger partial charge in [-0.15, -0.1) is 0 Å². The van der Waals surface area contributed by atoms with Gasteiger partial charge >= 0.3 is 0 Å². The van der Waals surface area contributed by atoms with Crippen molar-refractivity contribution < 1.29 is 9.16 Å². The van der Waals surface area contributed by atoms with Crippen molar-refractivity contribution in [3.63, 3.8) is 0 Å². The predicted octanol–water partition coefficient (Wildman–Crippen LogP) is 8.53. The third-order valence-corrected chi connectivity index (χ3v) is 12.9. The van der Waals surface area contributed by atoms with Crippen LogP contribution in [0.2, 0.25) is 5.04 Å². The Labute approximate surface area is 234 Å². The highest BCUT2D eigenvalue weighted by molar-refractivity contribution is 6.99. The second-order valence-corrected chi connectivity index (χ2v) is 16.9. The van der Waals surface area contributed by atoms with Crippen molar-refractivity contribution in [3.8, 4) is 0 Å². The van der Waals surface area contributed by atoms with Crippen LogP contribution in [0, 0.1) is 0 Å². The van der Waals surface area contributed by atoms with Gasteiger partial charge in [0.1, 0.15) is 0 Å². The fourth-order valence-corrected chi connectivity index (χ4v) is 9.83. The van der Waals surface area contributed by atoms with E-state index >= 15 is 0 Å². The topological polar surface area (TPSA) is 21.8 Å². The minimum Gasteiger partial charge on any atom is -0.404 e. The molecule has 1 fully saturated rings. The summed E-state index contributed by atoms with van der Waals surface area (Å²) < 4.78 is 12.7. The smallest absolute Gasteiger partial charge is 0.261 e. The molecule has 0 N–H and O–H groups in total. The summed E-state index contributed by atoms with van der Waals surface area (Å²) in [5, 5.41) is 2.66. The summed E-state index contributed by atoms with van der Waals surface area (Å²) in [6.45, 7) is 18.7. The van der Waals surface area contributed by atoms with Crippen LogP contribution < -0.4 is 10.4 Å². The molecular weight excluding hydrogens is 480 g/mol. The lowest BCUT2D eigenvalue weighted by Crippen LogP contribution is -2.66. The van der Waals surface area contributed by atoms with Gasteiger partial charge in [0.15, 0.2) is 0 Å². The third-order valence-electron chi connectivity index (χ3n) is 7.92. The van der Waals surface area contributed by atoms with Gasteiger partial charge in [-0.05, 0) is 82.1 Å². The molecule has 0 radical (unpaired) electrons. The summed E-state index contributed by atoms with van der Waals surface area (Å²) in [6.07, 6.45) is 13.0. The molecule has 1 aliphatic heterocycles. The molecular formula is C35H50O2Si. The first kappa shape index (κ1) is 30.3. The third kappa shape index (κ3) is 8.15. The molecule has 0 aromatic heterocycles. The standard InChI is InChI=1S/C35H50O2Si/c1-28(16-15-17-29(2)24-25-33-35(7,8)37-33)22-23-30(3)26-27-36-38(34(4,5)6,31-18-11-9-12-19-31)32-20-13-10-14-21-32/h9-14,17-22,26,33H,15-16,23-25,27H2,1-8H3/b28-22+,29-17+,30-26+. The fourth-order valence-electron chi connectivity index (χ4n) is 5.34. The molecule has 2 aromatic rings. The molecule has 0 aliphatic carbocycles. The molecule has 0 amide bonds. The van der Waals surface area contributed by atoms with Gasteiger partial charge in [-0.2, -0.15) is 0 Å². The molecule has 3 heteroatoms. The van der Waals surface area contributed by atoms with Crippen LogP contribution >= 0.6 is 0 Å². The van der Waals surface area contributed by atoms with Gasteiger partial charge < -0.3 is 9.16 Å². The van der Waals surface area contributed by atoms with E-state index in [4.69, 9.17) is 9.16 Å². The summed E-state index contributed by atoms with van der Waals surface area (Å²) in [5.41, 5.74) is 4.42. The monoisotopic (exact) mass is 530 g/mol. The van der Waals surface area contributed by atoms with E-state index in [1.165, 1.54) is 27.1 Å². The average Bonchev–Trinajstić information content (AvgIpc) is 3.50. The van der Waals surface area contributed by atoms with Crippen LogP contribution in [-0.4, -0.2) is 26.6 Å². The van der Waals surface area contributed by atoms with E-state index in [1.54, 1.807) is 0 Å². The number of rotatable bonds is 13. The number of allylic oxidation sites excluding steroid dienone is 5. The largest absolute Gasteiger partial charge is 0.404 e. The zero-order valence-corrected chi connectivity index (χ0v) is 26.1. The van der Waals surface area contributed by atoms with E-state index in [2.05, 4.69) is 134 Å². The highest BCUT2D eigenvalue weighted by atomic mass is 28.4. The van der Waals surface area contributed by atoms with Crippen LogP contribution in [0.1, 0.15) is 87.5 Å². The number of epoxide rings is 1. The zero-order valence-electron chi connectivity index (χ0n) is 25.1. The van der Waals surface area contributed by atoms with Crippen molar-refractivity contribution in [2.45, 2.75) is 104 Å². The van der Waals surface area contributed by atoms with Crippen LogP contribution in [0.25, 0.3) is 0 Å². The summed E-state index contributed by atoms with van der Waals surface area (Å²) in [4.78, 5) is 0. The van der Waals surface area contributed by atoms with Crippen LogP contribution in [0.15, 0.2) is 95.6 Å². The van der Waals surface area contributed by atoms with Gasteiger partial charge in [-0.25, -0.2) is 0 Å². The van der Waals surface area contributed by atoms with Crippen molar-refractivity contribution >= 4 is 18.7 Å². The molecule has 2 aromatic carbocycles. The van der Waals surface area contributed by atoms with Gasteiger partial charge in [0, 0.05) is 0 Å². The van der Waals surface area contributed by atoms with E-state index in [9.17, 15) is 0 Å². The molecule has 0 saturated carbocycles. The lowest BCUT2D eigenvalue weighted by molar-refractivity contribution is 0.320. The number of ether oxygens (including phenoxy) is 1. The van der Waals surface area contributed by atoms with Gasteiger partial charge in [-0.3, -0.25) is 0 Å². The lowest BCUT2D eigenvalue weighted by atomic mass is 10.0. The van der Waals surface area contributed by atoms with Gasteiger partial charge in [0.2, 0.25) is 0 Å². The first-order valence-electron chi connectivity index (χ1n) is 14.4. The van der Waals surface area contributed by atoms with Crippen molar-refractivity contribution in [2.75, 3.05) is 6.61 Å². The molecule has 2 nitrogen and oxygen atoms in total. The van der Waals surface area contributed by atoms with E-state index in [1.807, 2.05) is 0 Å². The fraction of sp³-hybridized carbons (Fsp3) is 0.486. The van der Waals surface area contributed by atoms with Crippen LogP contribution in [0.3, 0.4) is 0 Å². The highest BCUT2D eigenvalue weighted by Crippen LogP contribution is 2.39. The number of hydrogen-bond donors (Lipinski definition) is 0. The Morgan fingerprint density at radius 1 is 0.816 bits per heavy atom. The Balaban J connectivity index is 1.58. The molecule has 206 valence electrons. The van der Waals surface area contributed by atoms with Crippen LogP contribution in [0.5, 0.6) is 0 Å². The van der Waals surface area contributed by atoms with Gasteiger partial charge in [0.25, 0.3) is 8.32 Å². The van der Waals surface area contributed by atoms with Crippen molar-refractivity contribution in [1.82, 2.24) is 0 Å². The molecule has 1 unspecified atom stereocenters. The van der Waals surface area contributed by atoms with Crippen LogP contribution in [-0.2, 0) is 9.16 Å². The molecule has 0 spiro atoms. The average molecular weight is 531 g/mol. The maximum Gasteiger partial charge on any atom is 0.261 e. The Morgan fingerprint density at radius 2 is 1.34 bits per heavy atom. The van der Waals surface area contributed by atoms with Crippen molar-refractivity contribution in [1.29, 1.82) is 0 Å². The number of benzene rings is 2. The highest BCUT2D eigenvalue weighted by Gasteiger charge is 2.50. The first-order chi connectivity index (χ1) is 18.0. The second-order valence-electron chi connectivity index (χ2n) is 12.6. The van der Waals surface area contributed by atoms with Gasteiger partial charge in [0.05, 0.1) is 18.3 Å². The Bertz CT molecular complexity index is 1060. The Hall–Kier alpha value is -2.20. The second kappa shape index (κ2) is 13.2. The summed E-state index contributed by atoms with van der Waals surface area (Å²) in [7, 11) is -2.48. The van der Waals surface area contributed by atoms with Crippen molar-refractivity contribution in [3.05, 3.63) is 95.6 Å². The molecule has 38 heavy (non-hydrogen) atoms. The molecule has 1 heterocycles. The quantitative estimate of drug-likeness (QED) is 0.147. The van der Waals surface area contributed by atoms with E-state index in [-0.39, 0.29) is 10.6 Å². The first-order valence-corrected chi connectivity index (χ1v) is 16.3. The lowest BCUT2D eigenvalue weighted by Gasteiger charge is -2.42. The van der Waals surface area contributed by atoms with Gasteiger partial charge in [-0.1, -0.05) is 116 Å². The SMILES string of the molecule is C/C(=C\CO[Si](c1ccccc1)(c1ccccc1)C(C)(C)C)C/C=C(\C)CC/C=C(\C)CCC1OC1(C)C. The minimum absolute atomic E-state index is 0.00147. The maximum absolute atomic E-state index is 7.02. The predicted molar refractivity (Wildman–Crippen MR) is 167 cm³/mol. The summed E-state index contributed by atoms with van der Waals surface area (Å²) in [5.74, 6) is 0. The molecule has 0 bridgehead atoms.